The van der Waals surface area contributed by atoms with E-state index in [4.69, 9.17) is 21.7 Å². The molecule has 2 N–H and O–H groups in total. The Morgan fingerprint density at radius 2 is 1.59 bits per heavy atom. The molecule has 3 rings (SSSR count). The van der Waals surface area contributed by atoms with Crippen LogP contribution in [-0.4, -0.2) is 29.2 Å². The highest BCUT2D eigenvalue weighted by molar-refractivity contribution is 7.80. The molecule has 3 aromatic rings. The van der Waals surface area contributed by atoms with Crippen LogP contribution in [-0.2, 0) is 6.54 Å². The van der Waals surface area contributed by atoms with Gasteiger partial charge in [0.25, 0.3) is 5.91 Å². The number of rotatable bonds is 8. The minimum atomic E-state index is -0.285. The van der Waals surface area contributed by atoms with E-state index < -0.39 is 0 Å². The summed E-state index contributed by atoms with van der Waals surface area (Å²) in [6.45, 7) is 1.33. The number of carbonyl (C=O) groups is 1. The number of ether oxygens (including phenoxy) is 2. The molecule has 0 fully saturated rings. The van der Waals surface area contributed by atoms with Crippen LogP contribution < -0.4 is 20.1 Å². The number of carbonyl (C=O) groups excluding carboxylic acids is 1. The van der Waals surface area contributed by atoms with Crippen LogP contribution in [0.4, 0.5) is 0 Å². The Hall–Kier alpha value is -3.45. The maximum absolute atomic E-state index is 12.3. The Morgan fingerprint density at radius 1 is 0.897 bits per heavy atom. The topological polar surface area (TPSA) is 72.5 Å². The summed E-state index contributed by atoms with van der Waals surface area (Å²) in [5, 5.41) is 5.90. The van der Waals surface area contributed by atoms with E-state index in [1.165, 1.54) is 0 Å². The summed E-state index contributed by atoms with van der Waals surface area (Å²) >= 11 is 5.16. The standard InChI is InChI=1S/C22H21N3O3S/c26-21(25-22(29)24-16-17-5-4-12-23-15-17)18-8-10-20(11-9-18)28-14-13-27-19-6-2-1-3-7-19/h1-12,15H,13-14,16H2,(H2,24,25,26,29). The molecule has 0 aliphatic carbocycles. The molecule has 2 aromatic carbocycles. The van der Waals surface area contributed by atoms with Gasteiger partial charge in [-0.05, 0) is 60.2 Å². The van der Waals surface area contributed by atoms with Gasteiger partial charge in [-0.1, -0.05) is 24.3 Å². The zero-order valence-corrected chi connectivity index (χ0v) is 16.5. The maximum Gasteiger partial charge on any atom is 0.257 e. The van der Waals surface area contributed by atoms with Crippen LogP contribution in [0.25, 0.3) is 0 Å². The third kappa shape index (κ3) is 6.90. The van der Waals surface area contributed by atoms with E-state index in [0.717, 1.165) is 11.3 Å². The molecule has 0 saturated heterocycles. The molecule has 0 aliphatic rings. The van der Waals surface area contributed by atoms with Crippen molar-refractivity contribution in [2.75, 3.05) is 13.2 Å². The molecule has 6 nitrogen and oxygen atoms in total. The molecule has 1 amide bonds. The average Bonchev–Trinajstić information content (AvgIpc) is 2.77. The van der Waals surface area contributed by atoms with Crippen LogP contribution in [0.15, 0.2) is 79.1 Å². The van der Waals surface area contributed by atoms with Crippen molar-refractivity contribution in [1.29, 1.82) is 0 Å². The fourth-order valence-corrected chi connectivity index (χ4v) is 2.61. The van der Waals surface area contributed by atoms with Crippen LogP contribution in [0.1, 0.15) is 15.9 Å². The van der Waals surface area contributed by atoms with Crippen molar-refractivity contribution < 1.29 is 14.3 Å². The first-order chi connectivity index (χ1) is 14.2. The van der Waals surface area contributed by atoms with E-state index in [1.807, 2.05) is 42.5 Å². The van der Waals surface area contributed by atoms with Gasteiger partial charge in [-0.3, -0.25) is 15.1 Å². The number of amides is 1. The van der Waals surface area contributed by atoms with E-state index in [0.29, 0.717) is 31.1 Å². The van der Waals surface area contributed by atoms with E-state index in [9.17, 15) is 4.79 Å². The lowest BCUT2D eigenvalue weighted by Crippen LogP contribution is -2.38. The number of hydrogen-bond donors (Lipinski definition) is 2. The monoisotopic (exact) mass is 407 g/mol. The van der Waals surface area contributed by atoms with Gasteiger partial charge in [-0.25, -0.2) is 0 Å². The highest BCUT2D eigenvalue weighted by Crippen LogP contribution is 2.13. The summed E-state index contributed by atoms with van der Waals surface area (Å²) in [6, 6.07) is 20.2. The van der Waals surface area contributed by atoms with E-state index in [2.05, 4.69) is 15.6 Å². The molecule has 7 heteroatoms. The van der Waals surface area contributed by atoms with Crippen LogP contribution in [0, 0.1) is 0 Å². The summed E-state index contributed by atoms with van der Waals surface area (Å²) < 4.78 is 11.2. The SMILES string of the molecule is O=C(NC(=S)NCc1cccnc1)c1ccc(OCCOc2ccccc2)cc1. The fraction of sp³-hybridized carbons (Fsp3) is 0.136. The molecule has 1 heterocycles. The number of benzene rings is 2. The lowest BCUT2D eigenvalue weighted by molar-refractivity contribution is 0.0976. The number of nitrogens with one attached hydrogen (secondary N) is 2. The minimum Gasteiger partial charge on any atom is -0.490 e. The summed E-state index contributed by atoms with van der Waals surface area (Å²) in [7, 11) is 0. The Balaban J connectivity index is 1.39. The normalized spacial score (nSPS) is 10.1. The molecule has 0 aliphatic heterocycles. The molecule has 0 unspecified atom stereocenters. The van der Waals surface area contributed by atoms with Gasteiger partial charge in [0, 0.05) is 24.5 Å². The molecule has 0 bridgehead atoms. The van der Waals surface area contributed by atoms with Gasteiger partial charge in [0.15, 0.2) is 5.11 Å². The molecule has 29 heavy (non-hydrogen) atoms. The summed E-state index contributed by atoms with van der Waals surface area (Å²) in [6.07, 6.45) is 3.44. The number of aromatic nitrogens is 1. The van der Waals surface area contributed by atoms with Crippen molar-refractivity contribution in [3.05, 3.63) is 90.3 Å². The Labute approximate surface area is 174 Å². The van der Waals surface area contributed by atoms with Crippen molar-refractivity contribution in [2.45, 2.75) is 6.54 Å². The highest BCUT2D eigenvalue weighted by Gasteiger charge is 2.08. The second kappa shape index (κ2) is 10.8. The first kappa shape index (κ1) is 20.3. The molecule has 1 aromatic heterocycles. The van der Waals surface area contributed by atoms with Crippen molar-refractivity contribution >= 4 is 23.2 Å². The zero-order valence-electron chi connectivity index (χ0n) is 15.7. The van der Waals surface area contributed by atoms with Gasteiger partial charge in [0.2, 0.25) is 0 Å². The lowest BCUT2D eigenvalue weighted by atomic mass is 10.2. The first-order valence-corrected chi connectivity index (χ1v) is 9.50. The van der Waals surface area contributed by atoms with Crippen LogP contribution in [0.5, 0.6) is 11.5 Å². The van der Waals surface area contributed by atoms with Gasteiger partial charge in [-0.2, -0.15) is 0 Å². The van der Waals surface area contributed by atoms with Crippen molar-refractivity contribution in [1.82, 2.24) is 15.6 Å². The number of nitrogens with zero attached hydrogens (tertiary/aromatic N) is 1. The van der Waals surface area contributed by atoms with Crippen LogP contribution >= 0.6 is 12.2 Å². The van der Waals surface area contributed by atoms with Crippen molar-refractivity contribution in [3.8, 4) is 11.5 Å². The number of hydrogen-bond acceptors (Lipinski definition) is 5. The second-order valence-electron chi connectivity index (χ2n) is 6.03. The molecular weight excluding hydrogens is 386 g/mol. The minimum absolute atomic E-state index is 0.261. The summed E-state index contributed by atoms with van der Waals surface area (Å²) in [5.74, 6) is 1.18. The van der Waals surface area contributed by atoms with Gasteiger partial charge in [0.05, 0.1) is 0 Å². The molecular formula is C22H21N3O3S. The molecule has 0 saturated carbocycles. The van der Waals surface area contributed by atoms with Crippen molar-refractivity contribution in [2.24, 2.45) is 0 Å². The smallest absolute Gasteiger partial charge is 0.257 e. The Bertz CT molecular complexity index is 919. The average molecular weight is 407 g/mol. The predicted octanol–water partition coefficient (Wildman–Crippen LogP) is 3.34. The van der Waals surface area contributed by atoms with E-state index in [1.54, 1.807) is 36.7 Å². The largest absolute Gasteiger partial charge is 0.490 e. The van der Waals surface area contributed by atoms with Crippen LogP contribution in [0.2, 0.25) is 0 Å². The van der Waals surface area contributed by atoms with Crippen LogP contribution in [0.3, 0.4) is 0 Å². The van der Waals surface area contributed by atoms with Gasteiger partial charge < -0.3 is 14.8 Å². The third-order valence-electron chi connectivity index (χ3n) is 3.88. The zero-order chi connectivity index (χ0) is 20.3. The second-order valence-corrected chi connectivity index (χ2v) is 6.44. The Kier molecular flexibility index (Phi) is 7.54. The van der Waals surface area contributed by atoms with E-state index >= 15 is 0 Å². The third-order valence-corrected chi connectivity index (χ3v) is 4.13. The highest BCUT2D eigenvalue weighted by atomic mass is 32.1. The van der Waals surface area contributed by atoms with E-state index in [-0.39, 0.29) is 11.0 Å². The first-order valence-electron chi connectivity index (χ1n) is 9.09. The predicted molar refractivity (Wildman–Crippen MR) is 115 cm³/mol. The Morgan fingerprint density at radius 3 is 2.24 bits per heavy atom. The van der Waals surface area contributed by atoms with Crippen molar-refractivity contribution in [3.63, 3.8) is 0 Å². The summed E-state index contributed by atoms with van der Waals surface area (Å²) in [4.78, 5) is 16.3. The maximum atomic E-state index is 12.3. The number of thiocarbonyl (C=S) groups is 1. The van der Waals surface area contributed by atoms with Gasteiger partial charge in [0.1, 0.15) is 24.7 Å². The van der Waals surface area contributed by atoms with Gasteiger partial charge in [-0.15, -0.1) is 0 Å². The lowest BCUT2D eigenvalue weighted by Gasteiger charge is -2.10. The number of para-hydroxylation sites is 1. The molecule has 0 atom stereocenters. The quantitative estimate of drug-likeness (QED) is 0.441. The summed E-state index contributed by atoms with van der Waals surface area (Å²) in [5.41, 5.74) is 1.46. The molecule has 148 valence electrons. The fourth-order valence-electron chi connectivity index (χ4n) is 2.44. The number of pyridine rings is 1. The van der Waals surface area contributed by atoms with Gasteiger partial charge >= 0.3 is 0 Å². The molecule has 0 radical (unpaired) electrons. The molecule has 0 spiro atoms.